The first-order valence-electron chi connectivity index (χ1n) is 8.41. The maximum Gasteiger partial charge on any atom is 0.413 e. The Balaban J connectivity index is 1.81. The van der Waals surface area contributed by atoms with Crippen LogP contribution in [0.4, 0.5) is 10.6 Å². The highest BCUT2D eigenvalue weighted by molar-refractivity contribution is 6.29. The van der Waals surface area contributed by atoms with Gasteiger partial charge in [-0.3, -0.25) is 4.90 Å². The van der Waals surface area contributed by atoms with Crippen molar-refractivity contribution in [1.82, 2.24) is 24.0 Å². The van der Waals surface area contributed by atoms with Gasteiger partial charge in [-0.1, -0.05) is 31.5 Å². The van der Waals surface area contributed by atoms with E-state index >= 15 is 0 Å². The van der Waals surface area contributed by atoms with E-state index in [0.717, 1.165) is 11.2 Å². The van der Waals surface area contributed by atoms with E-state index in [1.54, 1.807) is 12.4 Å². The minimum absolute atomic E-state index is 0.0589. The lowest BCUT2D eigenvalue weighted by Gasteiger charge is -2.19. The minimum atomic E-state index is -1.13. The molecule has 0 unspecified atom stereocenters. The Morgan fingerprint density at radius 3 is 2.85 bits per heavy atom. The lowest BCUT2D eigenvalue weighted by molar-refractivity contribution is 0.201. The van der Waals surface area contributed by atoms with E-state index in [9.17, 15) is 9.90 Å². The Morgan fingerprint density at radius 2 is 2.15 bits per heavy atom. The van der Waals surface area contributed by atoms with E-state index in [0.29, 0.717) is 17.2 Å². The smallest absolute Gasteiger partial charge is 0.413 e. The van der Waals surface area contributed by atoms with Gasteiger partial charge in [0.05, 0.1) is 18.4 Å². The number of pyridine rings is 1. The molecule has 1 amide bonds. The molecule has 1 N–H and O–H groups in total. The molecule has 4 heterocycles. The molecule has 0 aliphatic carbocycles. The molecule has 0 fully saturated rings. The topological polar surface area (TPSA) is 88.0 Å². The van der Waals surface area contributed by atoms with E-state index < -0.39 is 6.09 Å². The van der Waals surface area contributed by atoms with Crippen LogP contribution in [0.1, 0.15) is 31.0 Å². The highest BCUT2D eigenvalue weighted by atomic mass is 35.5. The number of carboxylic acid groups (broad SMARTS) is 1. The van der Waals surface area contributed by atoms with Gasteiger partial charge in [0.25, 0.3) is 0 Å². The van der Waals surface area contributed by atoms with E-state index in [2.05, 4.69) is 15.1 Å². The van der Waals surface area contributed by atoms with Crippen LogP contribution in [0.15, 0.2) is 42.9 Å². The van der Waals surface area contributed by atoms with Gasteiger partial charge >= 0.3 is 6.09 Å². The molecule has 0 radical (unpaired) electrons. The summed E-state index contributed by atoms with van der Waals surface area (Å²) in [6.45, 7) is 4.10. The highest BCUT2D eigenvalue weighted by Gasteiger charge is 2.23. The van der Waals surface area contributed by atoms with Crippen LogP contribution in [-0.4, -0.2) is 35.2 Å². The number of hydrogen-bond acceptors (Lipinski definition) is 4. The summed E-state index contributed by atoms with van der Waals surface area (Å²) in [5, 5.41) is 14.4. The maximum absolute atomic E-state index is 12.0. The van der Waals surface area contributed by atoms with E-state index in [4.69, 9.17) is 11.6 Å². The third-order valence-corrected chi connectivity index (χ3v) is 4.51. The van der Waals surface area contributed by atoms with Crippen molar-refractivity contribution >= 4 is 34.8 Å². The molecule has 4 aromatic rings. The molecular formula is C18H17ClN6O2. The molecule has 0 saturated heterocycles. The molecule has 0 aliphatic heterocycles. The minimum Gasteiger partial charge on any atom is -0.465 e. The number of aromatic nitrogens is 5. The summed E-state index contributed by atoms with van der Waals surface area (Å²) in [5.41, 5.74) is 2.81. The molecule has 9 heteroatoms. The molecular weight excluding hydrogens is 368 g/mol. The van der Waals surface area contributed by atoms with Crippen molar-refractivity contribution in [2.24, 2.45) is 0 Å². The van der Waals surface area contributed by atoms with Crippen molar-refractivity contribution in [1.29, 1.82) is 0 Å². The summed E-state index contributed by atoms with van der Waals surface area (Å²) in [6.07, 6.45) is 4.23. The monoisotopic (exact) mass is 384 g/mol. The van der Waals surface area contributed by atoms with Crippen LogP contribution in [0.2, 0.25) is 5.15 Å². The van der Waals surface area contributed by atoms with Crippen LogP contribution in [0.3, 0.4) is 0 Å². The maximum atomic E-state index is 12.0. The summed E-state index contributed by atoms with van der Waals surface area (Å²) in [7, 11) is 0. The predicted molar refractivity (Wildman–Crippen MR) is 101 cm³/mol. The van der Waals surface area contributed by atoms with Crippen LogP contribution in [0.25, 0.3) is 11.3 Å². The second-order valence-electron chi connectivity index (χ2n) is 6.49. The third kappa shape index (κ3) is 3.08. The number of carbonyl (C=O) groups is 1. The Kier molecular flexibility index (Phi) is 4.19. The standard InChI is InChI=1S/C18H17ClN6O2/c1-11(2)13-8-20-25-16(7-14(19)22-17(13)25)24(18(26)27)10-12-9-23-6-4-3-5-15(23)21-12/h3-9,11H,10H2,1-2H3,(H,26,27). The fourth-order valence-corrected chi connectivity index (χ4v) is 3.18. The summed E-state index contributed by atoms with van der Waals surface area (Å²) >= 11 is 6.18. The quantitative estimate of drug-likeness (QED) is 0.540. The molecule has 0 aromatic carbocycles. The second-order valence-corrected chi connectivity index (χ2v) is 6.88. The molecule has 0 saturated carbocycles. The van der Waals surface area contributed by atoms with Crippen molar-refractivity contribution in [2.75, 3.05) is 4.90 Å². The van der Waals surface area contributed by atoms with Crippen molar-refractivity contribution in [3.63, 3.8) is 0 Å². The number of imidazole rings is 1. The zero-order chi connectivity index (χ0) is 19.1. The van der Waals surface area contributed by atoms with Gasteiger partial charge in [-0.25, -0.2) is 14.8 Å². The lowest BCUT2D eigenvalue weighted by atomic mass is 10.1. The number of nitrogens with zero attached hydrogens (tertiary/aromatic N) is 6. The van der Waals surface area contributed by atoms with Gasteiger partial charge in [0.1, 0.15) is 16.6 Å². The molecule has 0 aliphatic rings. The van der Waals surface area contributed by atoms with E-state index in [1.807, 2.05) is 42.6 Å². The Labute approximate surface area is 159 Å². The first-order valence-corrected chi connectivity index (χ1v) is 8.79. The van der Waals surface area contributed by atoms with Crippen LogP contribution < -0.4 is 4.90 Å². The normalized spacial score (nSPS) is 11.6. The number of hydrogen-bond donors (Lipinski definition) is 1. The van der Waals surface area contributed by atoms with Gasteiger partial charge in [-0.15, -0.1) is 0 Å². The number of anilines is 1. The summed E-state index contributed by atoms with van der Waals surface area (Å²) in [5.74, 6) is 0.500. The van der Waals surface area contributed by atoms with E-state index in [1.165, 1.54) is 15.5 Å². The largest absolute Gasteiger partial charge is 0.465 e. The molecule has 0 atom stereocenters. The van der Waals surface area contributed by atoms with Gasteiger partial charge in [-0.05, 0) is 18.1 Å². The van der Waals surface area contributed by atoms with Crippen LogP contribution in [0, 0.1) is 0 Å². The highest BCUT2D eigenvalue weighted by Crippen LogP contribution is 2.27. The van der Waals surface area contributed by atoms with Crippen molar-refractivity contribution < 1.29 is 9.90 Å². The van der Waals surface area contributed by atoms with Crippen LogP contribution in [0.5, 0.6) is 0 Å². The molecule has 0 spiro atoms. The number of halogens is 1. The fraction of sp³-hybridized carbons (Fsp3) is 0.222. The molecule has 4 aromatic heterocycles. The number of fused-ring (bicyclic) bond motifs is 2. The van der Waals surface area contributed by atoms with E-state index in [-0.39, 0.29) is 17.6 Å². The van der Waals surface area contributed by atoms with Gasteiger partial charge in [0.2, 0.25) is 0 Å². The third-order valence-electron chi connectivity index (χ3n) is 4.31. The SMILES string of the molecule is CC(C)c1cnn2c(N(Cc3cn4ccccc4n3)C(=O)O)cc(Cl)nc12. The van der Waals surface area contributed by atoms with Crippen molar-refractivity contribution in [3.8, 4) is 0 Å². The first kappa shape index (κ1) is 17.3. The van der Waals surface area contributed by atoms with Crippen molar-refractivity contribution in [2.45, 2.75) is 26.3 Å². The number of rotatable bonds is 4. The average Bonchev–Trinajstić information content (AvgIpc) is 3.22. The number of amides is 1. The summed E-state index contributed by atoms with van der Waals surface area (Å²) < 4.78 is 3.35. The van der Waals surface area contributed by atoms with Gasteiger partial charge in [0.15, 0.2) is 5.65 Å². The lowest BCUT2D eigenvalue weighted by Crippen LogP contribution is -2.31. The average molecular weight is 385 g/mol. The Morgan fingerprint density at radius 1 is 1.33 bits per heavy atom. The fourth-order valence-electron chi connectivity index (χ4n) is 3.01. The second kappa shape index (κ2) is 6.55. The zero-order valence-corrected chi connectivity index (χ0v) is 15.5. The molecule has 4 rings (SSSR count). The van der Waals surface area contributed by atoms with Gasteiger partial charge in [-0.2, -0.15) is 9.61 Å². The van der Waals surface area contributed by atoms with Crippen LogP contribution in [-0.2, 0) is 6.54 Å². The molecule has 138 valence electrons. The predicted octanol–water partition coefficient (Wildman–Crippen LogP) is 3.84. The van der Waals surface area contributed by atoms with Gasteiger partial charge < -0.3 is 9.51 Å². The molecule has 8 nitrogen and oxygen atoms in total. The Bertz CT molecular complexity index is 1120. The molecule has 27 heavy (non-hydrogen) atoms. The first-order chi connectivity index (χ1) is 12.9. The Hall–Kier alpha value is -3.13. The summed E-state index contributed by atoms with van der Waals surface area (Å²) in [6, 6.07) is 7.12. The zero-order valence-electron chi connectivity index (χ0n) is 14.7. The summed E-state index contributed by atoms with van der Waals surface area (Å²) in [4.78, 5) is 22.0. The van der Waals surface area contributed by atoms with Crippen molar-refractivity contribution in [3.05, 3.63) is 59.3 Å². The van der Waals surface area contributed by atoms with Crippen LogP contribution >= 0.6 is 11.6 Å². The molecule has 0 bridgehead atoms. The van der Waals surface area contributed by atoms with Gasteiger partial charge in [0, 0.05) is 24.0 Å².